The third kappa shape index (κ3) is 3.09. The summed E-state index contributed by atoms with van der Waals surface area (Å²) in [6.45, 7) is 2.14. The number of benzene rings is 2. The molecular formula is C15H16F2N2. The number of nitrogens with one attached hydrogen (secondary N) is 1. The van der Waals surface area contributed by atoms with Crippen molar-refractivity contribution >= 4 is 5.69 Å². The summed E-state index contributed by atoms with van der Waals surface area (Å²) in [5.41, 5.74) is 7.81. The van der Waals surface area contributed by atoms with Crippen molar-refractivity contribution in [3.63, 3.8) is 0 Å². The quantitative estimate of drug-likeness (QED) is 0.886. The molecule has 19 heavy (non-hydrogen) atoms. The van der Waals surface area contributed by atoms with E-state index >= 15 is 0 Å². The minimum Gasteiger partial charge on any atom is -0.377 e. The van der Waals surface area contributed by atoms with Crippen LogP contribution in [-0.4, -0.2) is 6.54 Å². The molecule has 2 aromatic rings. The Kier molecular flexibility index (Phi) is 4.12. The first kappa shape index (κ1) is 13.5. The maximum Gasteiger partial charge on any atom is 0.164 e. The highest BCUT2D eigenvalue weighted by Gasteiger charge is 2.16. The van der Waals surface area contributed by atoms with Crippen LogP contribution in [0.3, 0.4) is 0 Å². The topological polar surface area (TPSA) is 38.0 Å². The van der Waals surface area contributed by atoms with Gasteiger partial charge in [-0.3, -0.25) is 0 Å². The second-order valence-electron chi connectivity index (χ2n) is 4.45. The van der Waals surface area contributed by atoms with Gasteiger partial charge in [0.25, 0.3) is 0 Å². The van der Waals surface area contributed by atoms with Crippen LogP contribution in [0.4, 0.5) is 14.5 Å². The Bertz CT molecular complexity index is 570. The lowest BCUT2D eigenvalue weighted by molar-refractivity contribution is 0.492. The predicted octanol–water partition coefficient (Wildman–Crippen LogP) is 3.39. The molecule has 4 heteroatoms. The van der Waals surface area contributed by atoms with Crippen LogP contribution in [0.2, 0.25) is 0 Å². The van der Waals surface area contributed by atoms with Crippen molar-refractivity contribution in [3.05, 3.63) is 65.2 Å². The Morgan fingerprint density at radius 2 is 1.89 bits per heavy atom. The zero-order valence-corrected chi connectivity index (χ0v) is 10.7. The Morgan fingerprint density at radius 1 is 1.16 bits per heavy atom. The van der Waals surface area contributed by atoms with Gasteiger partial charge in [-0.2, -0.15) is 0 Å². The van der Waals surface area contributed by atoms with Gasteiger partial charge < -0.3 is 11.1 Å². The van der Waals surface area contributed by atoms with Crippen LogP contribution in [0.1, 0.15) is 17.2 Å². The van der Waals surface area contributed by atoms with Crippen molar-refractivity contribution in [3.8, 4) is 0 Å². The fraction of sp³-hybridized carbons (Fsp3) is 0.200. The second kappa shape index (κ2) is 5.80. The number of halogens is 2. The van der Waals surface area contributed by atoms with Crippen LogP contribution in [0.25, 0.3) is 0 Å². The Labute approximate surface area is 111 Å². The third-order valence-corrected chi connectivity index (χ3v) is 2.95. The van der Waals surface area contributed by atoms with E-state index in [9.17, 15) is 8.78 Å². The lowest BCUT2D eigenvalue weighted by Crippen LogP contribution is -2.22. The molecule has 1 unspecified atom stereocenters. The molecule has 0 saturated heterocycles. The average Bonchev–Trinajstić information content (AvgIpc) is 2.40. The highest BCUT2D eigenvalue weighted by atomic mass is 19.2. The van der Waals surface area contributed by atoms with E-state index in [1.54, 1.807) is 6.07 Å². The summed E-state index contributed by atoms with van der Waals surface area (Å²) < 4.78 is 27.0. The largest absolute Gasteiger partial charge is 0.377 e. The molecule has 3 N–H and O–H groups in total. The molecule has 2 aromatic carbocycles. The Balaban J connectivity index is 2.28. The fourth-order valence-electron chi connectivity index (χ4n) is 1.99. The maximum absolute atomic E-state index is 13.8. The second-order valence-corrected chi connectivity index (χ2v) is 4.45. The minimum absolute atomic E-state index is 0.175. The summed E-state index contributed by atoms with van der Waals surface area (Å²) in [5.74, 6) is -1.71. The van der Waals surface area contributed by atoms with Gasteiger partial charge in [-0.15, -0.1) is 0 Å². The zero-order valence-electron chi connectivity index (χ0n) is 10.7. The van der Waals surface area contributed by atoms with Gasteiger partial charge in [0.05, 0.1) is 6.04 Å². The van der Waals surface area contributed by atoms with E-state index in [1.807, 2.05) is 31.2 Å². The van der Waals surface area contributed by atoms with Crippen molar-refractivity contribution in [1.82, 2.24) is 0 Å². The third-order valence-electron chi connectivity index (χ3n) is 2.95. The number of aryl methyl sites for hydroxylation is 1. The highest BCUT2D eigenvalue weighted by molar-refractivity contribution is 5.47. The lowest BCUT2D eigenvalue weighted by Gasteiger charge is -2.19. The molecule has 0 radical (unpaired) electrons. The first-order chi connectivity index (χ1) is 9.11. The first-order valence-electron chi connectivity index (χ1n) is 6.09. The molecule has 0 aliphatic rings. The van der Waals surface area contributed by atoms with E-state index in [4.69, 9.17) is 5.73 Å². The summed E-state index contributed by atoms with van der Waals surface area (Å²) >= 11 is 0. The van der Waals surface area contributed by atoms with Gasteiger partial charge in [-0.1, -0.05) is 24.3 Å². The van der Waals surface area contributed by atoms with E-state index < -0.39 is 17.7 Å². The van der Waals surface area contributed by atoms with E-state index in [1.165, 1.54) is 6.07 Å². The van der Waals surface area contributed by atoms with E-state index in [0.717, 1.165) is 17.3 Å². The van der Waals surface area contributed by atoms with Crippen LogP contribution >= 0.6 is 0 Å². The summed E-state index contributed by atoms with van der Waals surface area (Å²) in [4.78, 5) is 0. The summed E-state index contributed by atoms with van der Waals surface area (Å²) in [6, 6.07) is 11.3. The molecule has 0 amide bonds. The number of nitrogens with two attached hydrogens (primary N) is 1. The molecule has 0 aliphatic heterocycles. The standard InChI is InChI=1S/C15H16F2N2/c1-10-4-2-5-11(8-10)19-14(9-18)12-6-3-7-13(16)15(12)17/h2-8,14,19H,9,18H2,1H3. The Morgan fingerprint density at radius 3 is 2.58 bits per heavy atom. The van der Waals surface area contributed by atoms with E-state index in [0.29, 0.717) is 0 Å². The van der Waals surface area contributed by atoms with Crippen LogP contribution < -0.4 is 11.1 Å². The number of hydrogen-bond acceptors (Lipinski definition) is 2. The highest BCUT2D eigenvalue weighted by Crippen LogP contribution is 2.23. The van der Waals surface area contributed by atoms with Gasteiger partial charge in [0.2, 0.25) is 0 Å². The number of rotatable bonds is 4. The molecular weight excluding hydrogens is 246 g/mol. The van der Waals surface area contributed by atoms with Crippen LogP contribution in [-0.2, 0) is 0 Å². The monoisotopic (exact) mass is 262 g/mol. The minimum atomic E-state index is -0.859. The van der Waals surface area contributed by atoms with Crippen molar-refractivity contribution in [1.29, 1.82) is 0 Å². The van der Waals surface area contributed by atoms with Gasteiger partial charge in [0, 0.05) is 17.8 Å². The van der Waals surface area contributed by atoms with Gasteiger partial charge >= 0.3 is 0 Å². The average molecular weight is 262 g/mol. The van der Waals surface area contributed by atoms with Crippen molar-refractivity contribution in [2.45, 2.75) is 13.0 Å². The maximum atomic E-state index is 13.8. The van der Waals surface area contributed by atoms with Gasteiger partial charge in [0.15, 0.2) is 11.6 Å². The van der Waals surface area contributed by atoms with Crippen LogP contribution in [0.15, 0.2) is 42.5 Å². The Hall–Kier alpha value is -1.94. The summed E-state index contributed by atoms with van der Waals surface area (Å²) in [6.07, 6.45) is 0. The number of anilines is 1. The molecule has 2 nitrogen and oxygen atoms in total. The molecule has 0 fully saturated rings. The molecule has 0 spiro atoms. The summed E-state index contributed by atoms with van der Waals surface area (Å²) in [7, 11) is 0. The molecule has 2 rings (SSSR count). The van der Waals surface area contributed by atoms with Gasteiger partial charge in [-0.25, -0.2) is 8.78 Å². The fourth-order valence-corrected chi connectivity index (χ4v) is 1.99. The van der Waals surface area contributed by atoms with Gasteiger partial charge in [0.1, 0.15) is 0 Å². The molecule has 1 atom stereocenters. The first-order valence-corrected chi connectivity index (χ1v) is 6.09. The SMILES string of the molecule is Cc1cccc(NC(CN)c2cccc(F)c2F)c1. The van der Waals surface area contributed by atoms with Crippen molar-refractivity contribution in [2.75, 3.05) is 11.9 Å². The summed E-state index contributed by atoms with van der Waals surface area (Å²) in [5, 5.41) is 3.12. The van der Waals surface area contributed by atoms with Crippen molar-refractivity contribution < 1.29 is 8.78 Å². The molecule has 0 bridgehead atoms. The van der Waals surface area contributed by atoms with Crippen molar-refractivity contribution in [2.24, 2.45) is 5.73 Å². The molecule has 0 saturated carbocycles. The smallest absolute Gasteiger partial charge is 0.164 e. The number of hydrogen-bond donors (Lipinski definition) is 2. The molecule has 0 aromatic heterocycles. The lowest BCUT2D eigenvalue weighted by atomic mass is 10.1. The van der Waals surface area contributed by atoms with Crippen LogP contribution in [0.5, 0.6) is 0 Å². The predicted molar refractivity (Wildman–Crippen MR) is 73.0 cm³/mol. The molecule has 0 heterocycles. The normalized spacial score (nSPS) is 12.2. The molecule has 100 valence electrons. The van der Waals surface area contributed by atoms with Crippen LogP contribution in [0, 0.1) is 18.6 Å². The zero-order chi connectivity index (χ0) is 13.8. The van der Waals surface area contributed by atoms with Gasteiger partial charge in [-0.05, 0) is 30.7 Å². The molecule has 0 aliphatic carbocycles. The van der Waals surface area contributed by atoms with E-state index in [-0.39, 0.29) is 12.1 Å². The van der Waals surface area contributed by atoms with E-state index in [2.05, 4.69) is 5.32 Å².